The molecule has 0 aromatic carbocycles. The van der Waals surface area contributed by atoms with Gasteiger partial charge in [-0.25, -0.2) is 9.97 Å². The molecule has 0 aliphatic heterocycles. The van der Waals surface area contributed by atoms with E-state index in [4.69, 9.17) is 16.3 Å². The van der Waals surface area contributed by atoms with Crippen LogP contribution >= 0.6 is 11.6 Å². The first kappa shape index (κ1) is 18.5. The SMILES string of the molecule is COc1nc2c(-n3ccnc3)c(-c3nnc([C@H](C)[C@H](C)O)[nH]3)n(C)c2cc1Cl. The van der Waals surface area contributed by atoms with Gasteiger partial charge in [-0.15, -0.1) is 10.2 Å². The standard InChI is InChI=1S/C18H20ClN7O2/c1-9(10(2)27)16-22-17(24-23-16)15-14(26-6-5-20-8-26)13-12(25(15)3)7-11(19)18(21-13)28-4/h5-10,27H,1-4H3,(H,22,23,24)/t9-,10+/m1/s1. The van der Waals surface area contributed by atoms with Gasteiger partial charge >= 0.3 is 0 Å². The number of nitrogens with one attached hydrogen (secondary N) is 1. The molecule has 9 nitrogen and oxygen atoms in total. The van der Waals surface area contributed by atoms with Gasteiger partial charge < -0.3 is 24.0 Å². The van der Waals surface area contributed by atoms with Crippen molar-refractivity contribution in [3.05, 3.63) is 35.6 Å². The number of hydrogen-bond acceptors (Lipinski definition) is 6. The van der Waals surface area contributed by atoms with Crippen molar-refractivity contribution in [1.82, 2.24) is 34.3 Å². The summed E-state index contributed by atoms with van der Waals surface area (Å²) in [6, 6.07) is 1.81. The monoisotopic (exact) mass is 401 g/mol. The Morgan fingerprint density at radius 1 is 1.29 bits per heavy atom. The molecule has 4 aromatic rings. The number of H-pyrrole nitrogens is 1. The Morgan fingerprint density at radius 2 is 2.07 bits per heavy atom. The van der Waals surface area contributed by atoms with E-state index in [0.29, 0.717) is 28.1 Å². The first-order valence-electron chi connectivity index (χ1n) is 8.74. The van der Waals surface area contributed by atoms with Gasteiger partial charge in [0.05, 0.1) is 25.1 Å². The molecule has 0 amide bonds. The first-order valence-corrected chi connectivity index (χ1v) is 9.12. The molecule has 4 aromatic heterocycles. The molecule has 146 valence electrons. The third-order valence-electron chi connectivity index (χ3n) is 4.91. The number of imidazole rings is 1. The van der Waals surface area contributed by atoms with Crippen LogP contribution < -0.4 is 4.74 Å². The molecule has 2 atom stereocenters. The maximum atomic E-state index is 9.87. The van der Waals surface area contributed by atoms with Crippen LogP contribution in [0, 0.1) is 0 Å². The number of rotatable bonds is 5. The van der Waals surface area contributed by atoms with E-state index in [-0.39, 0.29) is 5.92 Å². The van der Waals surface area contributed by atoms with Crippen molar-refractivity contribution < 1.29 is 9.84 Å². The fourth-order valence-corrected chi connectivity index (χ4v) is 3.37. The molecule has 0 radical (unpaired) electrons. The molecule has 0 bridgehead atoms. The minimum atomic E-state index is -0.550. The summed E-state index contributed by atoms with van der Waals surface area (Å²) in [5.74, 6) is 1.33. The zero-order valence-electron chi connectivity index (χ0n) is 15.9. The van der Waals surface area contributed by atoms with Gasteiger partial charge in [0.25, 0.3) is 0 Å². The fourth-order valence-electron chi connectivity index (χ4n) is 3.15. The molecule has 10 heteroatoms. The highest BCUT2D eigenvalue weighted by Gasteiger charge is 2.25. The van der Waals surface area contributed by atoms with Crippen molar-refractivity contribution in [1.29, 1.82) is 0 Å². The van der Waals surface area contributed by atoms with Gasteiger partial charge in [0.2, 0.25) is 5.88 Å². The molecule has 0 aliphatic rings. The average molecular weight is 402 g/mol. The first-order chi connectivity index (χ1) is 13.4. The van der Waals surface area contributed by atoms with Crippen LogP contribution in [0.2, 0.25) is 5.02 Å². The summed E-state index contributed by atoms with van der Waals surface area (Å²) in [5.41, 5.74) is 3.04. The van der Waals surface area contributed by atoms with E-state index in [1.54, 1.807) is 19.4 Å². The second-order valence-corrected chi connectivity index (χ2v) is 7.07. The minimum absolute atomic E-state index is 0.180. The van der Waals surface area contributed by atoms with Gasteiger partial charge in [-0.1, -0.05) is 18.5 Å². The van der Waals surface area contributed by atoms with E-state index < -0.39 is 6.10 Å². The van der Waals surface area contributed by atoms with E-state index in [1.807, 2.05) is 35.4 Å². The Kier molecular flexibility index (Phi) is 4.56. The topological polar surface area (TPSA) is 107 Å². The van der Waals surface area contributed by atoms with Crippen LogP contribution in [0.1, 0.15) is 25.6 Å². The Hall–Kier alpha value is -2.91. The van der Waals surface area contributed by atoms with Crippen LogP contribution in [0.3, 0.4) is 0 Å². The normalized spacial score (nSPS) is 13.8. The van der Waals surface area contributed by atoms with Crippen molar-refractivity contribution in [2.24, 2.45) is 7.05 Å². The lowest BCUT2D eigenvalue weighted by molar-refractivity contribution is 0.165. The van der Waals surface area contributed by atoms with Crippen molar-refractivity contribution in [2.45, 2.75) is 25.9 Å². The highest BCUT2D eigenvalue weighted by molar-refractivity contribution is 6.32. The number of aromatic amines is 1. The van der Waals surface area contributed by atoms with E-state index >= 15 is 0 Å². The fraction of sp³-hybridized carbons (Fsp3) is 0.333. The number of halogens is 1. The predicted octanol–water partition coefficient (Wildman–Crippen LogP) is 2.69. The number of fused-ring (bicyclic) bond motifs is 1. The zero-order valence-corrected chi connectivity index (χ0v) is 16.6. The maximum Gasteiger partial charge on any atom is 0.233 e. The molecule has 0 unspecified atom stereocenters. The van der Waals surface area contributed by atoms with Gasteiger partial charge in [0, 0.05) is 25.4 Å². The van der Waals surface area contributed by atoms with Crippen molar-refractivity contribution in [3.63, 3.8) is 0 Å². The third-order valence-corrected chi connectivity index (χ3v) is 5.18. The lowest BCUT2D eigenvalue weighted by Gasteiger charge is -2.10. The van der Waals surface area contributed by atoms with Crippen LogP contribution in [0.15, 0.2) is 24.8 Å². The molecular formula is C18H20ClN7O2. The molecule has 28 heavy (non-hydrogen) atoms. The van der Waals surface area contributed by atoms with Gasteiger partial charge in [-0.3, -0.25) is 0 Å². The maximum absolute atomic E-state index is 9.87. The summed E-state index contributed by atoms with van der Waals surface area (Å²) in [4.78, 5) is 12.0. The van der Waals surface area contributed by atoms with E-state index in [2.05, 4.69) is 25.1 Å². The third kappa shape index (κ3) is 2.83. The Labute approximate surface area is 166 Å². The lowest BCUT2D eigenvalue weighted by atomic mass is 10.1. The minimum Gasteiger partial charge on any atom is -0.480 e. The van der Waals surface area contributed by atoms with Gasteiger partial charge in [0.15, 0.2) is 5.82 Å². The number of aromatic nitrogens is 7. The number of hydrogen-bond donors (Lipinski definition) is 2. The quantitative estimate of drug-likeness (QED) is 0.532. The van der Waals surface area contributed by atoms with Gasteiger partial charge in [-0.05, 0) is 13.0 Å². The Bertz CT molecular complexity index is 1130. The molecule has 0 saturated carbocycles. The van der Waals surface area contributed by atoms with Crippen molar-refractivity contribution >= 4 is 22.6 Å². The lowest BCUT2D eigenvalue weighted by Crippen LogP contribution is -2.12. The van der Waals surface area contributed by atoms with Crippen LogP contribution in [0.25, 0.3) is 28.2 Å². The van der Waals surface area contributed by atoms with E-state index in [0.717, 1.165) is 16.9 Å². The average Bonchev–Trinajstić information content (AvgIpc) is 3.40. The largest absolute Gasteiger partial charge is 0.480 e. The summed E-state index contributed by atoms with van der Waals surface area (Å²) in [6.07, 6.45) is 4.66. The highest BCUT2D eigenvalue weighted by atomic mass is 35.5. The number of nitrogens with zero attached hydrogens (tertiary/aromatic N) is 6. The van der Waals surface area contributed by atoms with Crippen molar-refractivity contribution in [3.8, 4) is 23.1 Å². The summed E-state index contributed by atoms with van der Waals surface area (Å²) < 4.78 is 9.11. The summed E-state index contributed by atoms with van der Waals surface area (Å²) in [7, 11) is 3.43. The van der Waals surface area contributed by atoms with E-state index in [9.17, 15) is 5.11 Å². The summed E-state index contributed by atoms with van der Waals surface area (Å²) in [6.45, 7) is 3.61. The van der Waals surface area contributed by atoms with Crippen LogP contribution in [-0.2, 0) is 7.05 Å². The molecule has 0 aliphatic carbocycles. The van der Waals surface area contributed by atoms with Crippen LogP contribution in [-0.4, -0.2) is 52.6 Å². The van der Waals surface area contributed by atoms with Crippen LogP contribution in [0.4, 0.5) is 0 Å². The second-order valence-electron chi connectivity index (χ2n) is 6.66. The van der Waals surface area contributed by atoms with Gasteiger partial charge in [-0.2, -0.15) is 0 Å². The summed E-state index contributed by atoms with van der Waals surface area (Å²) >= 11 is 6.30. The molecule has 4 rings (SSSR count). The highest BCUT2D eigenvalue weighted by Crippen LogP contribution is 2.37. The molecular weight excluding hydrogens is 382 g/mol. The molecule has 0 spiro atoms. The number of methoxy groups -OCH3 is 1. The molecule has 0 fully saturated rings. The van der Waals surface area contributed by atoms with Crippen LogP contribution in [0.5, 0.6) is 5.88 Å². The van der Waals surface area contributed by atoms with Crippen molar-refractivity contribution in [2.75, 3.05) is 7.11 Å². The number of pyridine rings is 1. The number of aliphatic hydroxyl groups is 1. The number of aryl methyl sites for hydroxylation is 1. The van der Waals surface area contributed by atoms with Gasteiger partial charge in [0.1, 0.15) is 27.7 Å². The number of aliphatic hydroxyl groups excluding tert-OH is 1. The Morgan fingerprint density at radius 3 is 2.71 bits per heavy atom. The Balaban J connectivity index is 2.00. The molecule has 0 saturated heterocycles. The molecule has 4 heterocycles. The molecule has 2 N–H and O–H groups in total. The smallest absolute Gasteiger partial charge is 0.233 e. The number of ether oxygens (including phenoxy) is 1. The second kappa shape index (κ2) is 6.92. The summed E-state index contributed by atoms with van der Waals surface area (Å²) in [5, 5.41) is 18.8. The van der Waals surface area contributed by atoms with E-state index in [1.165, 1.54) is 7.11 Å². The predicted molar refractivity (Wildman–Crippen MR) is 105 cm³/mol. The zero-order chi connectivity index (χ0) is 20.0.